The molecule has 2 aliphatic rings. The van der Waals surface area contributed by atoms with Gasteiger partial charge in [0, 0.05) is 32.2 Å². The molecule has 1 aliphatic carbocycles. The van der Waals surface area contributed by atoms with Gasteiger partial charge in [0.15, 0.2) is 0 Å². The molecule has 4 heteroatoms. The second-order valence-electron chi connectivity index (χ2n) is 6.17. The van der Waals surface area contributed by atoms with Crippen LogP contribution in [0.1, 0.15) is 33.1 Å². The van der Waals surface area contributed by atoms with Gasteiger partial charge in [-0.25, -0.2) is 0 Å². The minimum absolute atomic E-state index is 0.199. The topological polar surface area (TPSA) is 43.8 Å². The Morgan fingerprint density at radius 3 is 2.44 bits per heavy atom. The molecule has 3 atom stereocenters. The molecule has 0 spiro atoms. The summed E-state index contributed by atoms with van der Waals surface area (Å²) in [4.78, 5) is 15.3. The van der Waals surface area contributed by atoms with Crippen molar-refractivity contribution in [1.82, 2.24) is 9.80 Å². The summed E-state index contributed by atoms with van der Waals surface area (Å²) in [6.07, 6.45) is 4.04. The van der Waals surface area contributed by atoms with Crippen molar-refractivity contribution < 1.29 is 9.90 Å². The van der Waals surface area contributed by atoms with Crippen molar-refractivity contribution >= 4 is 5.97 Å². The van der Waals surface area contributed by atoms with Crippen molar-refractivity contribution in [2.45, 2.75) is 39.2 Å². The Morgan fingerprint density at radius 2 is 1.83 bits per heavy atom. The second kappa shape index (κ2) is 6.02. The monoisotopic (exact) mass is 254 g/mol. The smallest absolute Gasteiger partial charge is 0.317 e. The maximum absolute atomic E-state index is 10.7. The van der Waals surface area contributed by atoms with E-state index in [4.69, 9.17) is 5.11 Å². The Bertz CT molecular complexity index is 288. The molecular weight excluding hydrogens is 228 g/mol. The molecule has 0 bridgehead atoms. The summed E-state index contributed by atoms with van der Waals surface area (Å²) in [6, 6.07) is 0.723. The highest BCUT2D eigenvalue weighted by Gasteiger charge is 2.32. The van der Waals surface area contributed by atoms with E-state index in [-0.39, 0.29) is 6.54 Å². The lowest BCUT2D eigenvalue weighted by molar-refractivity contribution is -0.138. The van der Waals surface area contributed by atoms with E-state index in [0.717, 1.165) is 44.1 Å². The number of carboxylic acids is 1. The van der Waals surface area contributed by atoms with Gasteiger partial charge in [-0.3, -0.25) is 14.6 Å². The zero-order valence-corrected chi connectivity index (χ0v) is 11.6. The molecule has 0 radical (unpaired) electrons. The van der Waals surface area contributed by atoms with Crippen LogP contribution in [0.5, 0.6) is 0 Å². The first-order valence-electron chi connectivity index (χ1n) is 7.24. The third-order valence-electron chi connectivity index (χ3n) is 4.65. The van der Waals surface area contributed by atoms with Crippen molar-refractivity contribution in [2.75, 3.05) is 32.7 Å². The van der Waals surface area contributed by atoms with Crippen LogP contribution in [0.2, 0.25) is 0 Å². The van der Waals surface area contributed by atoms with Crippen LogP contribution in [0.3, 0.4) is 0 Å². The van der Waals surface area contributed by atoms with Gasteiger partial charge in [0.05, 0.1) is 6.54 Å². The van der Waals surface area contributed by atoms with Crippen LogP contribution in [0, 0.1) is 11.8 Å². The van der Waals surface area contributed by atoms with Gasteiger partial charge in [-0.2, -0.15) is 0 Å². The van der Waals surface area contributed by atoms with Crippen molar-refractivity contribution in [2.24, 2.45) is 11.8 Å². The molecule has 1 N–H and O–H groups in total. The van der Waals surface area contributed by atoms with Gasteiger partial charge in [-0.1, -0.05) is 20.3 Å². The van der Waals surface area contributed by atoms with Crippen LogP contribution in [-0.2, 0) is 4.79 Å². The van der Waals surface area contributed by atoms with E-state index in [0.29, 0.717) is 0 Å². The normalized spacial score (nSPS) is 35.6. The molecule has 2 fully saturated rings. The molecule has 0 amide bonds. The average Bonchev–Trinajstić information content (AvgIpc) is 2.33. The summed E-state index contributed by atoms with van der Waals surface area (Å²) < 4.78 is 0. The Labute approximate surface area is 110 Å². The van der Waals surface area contributed by atoms with Crippen LogP contribution < -0.4 is 0 Å². The lowest BCUT2D eigenvalue weighted by atomic mass is 9.79. The number of nitrogens with zero attached hydrogens (tertiary/aromatic N) is 2. The highest BCUT2D eigenvalue weighted by Crippen LogP contribution is 2.32. The van der Waals surface area contributed by atoms with E-state index in [2.05, 4.69) is 23.6 Å². The number of hydrogen-bond donors (Lipinski definition) is 1. The van der Waals surface area contributed by atoms with Crippen molar-refractivity contribution in [3.05, 3.63) is 0 Å². The average molecular weight is 254 g/mol. The third-order valence-corrected chi connectivity index (χ3v) is 4.65. The number of piperazine rings is 1. The molecule has 18 heavy (non-hydrogen) atoms. The van der Waals surface area contributed by atoms with E-state index in [1.165, 1.54) is 19.3 Å². The maximum Gasteiger partial charge on any atom is 0.317 e. The van der Waals surface area contributed by atoms with Crippen LogP contribution in [0.25, 0.3) is 0 Å². The first-order valence-corrected chi connectivity index (χ1v) is 7.24. The molecule has 2 rings (SSSR count). The molecule has 0 aromatic rings. The number of rotatable bonds is 3. The Morgan fingerprint density at radius 1 is 1.17 bits per heavy atom. The van der Waals surface area contributed by atoms with E-state index < -0.39 is 5.97 Å². The molecule has 0 aromatic carbocycles. The standard InChI is InChI=1S/C14H26N2O2/c1-11-3-4-12(2)13(9-11)16-7-5-15(6-8-16)10-14(17)18/h11-13H,3-10H2,1-2H3,(H,17,18). The van der Waals surface area contributed by atoms with E-state index in [9.17, 15) is 4.79 Å². The Kier molecular flexibility index (Phi) is 4.62. The molecule has 3 unspecified atom stereocenters. The quantitative estimate of drug-likeness (QED) is 0.829. The predicted octanol–water partition coefficient (Wildman–Crippen LogP) is 1.51. The minimum Gasteiger partial charge on any atom is -0.480 e. The van der Waals surface area contributed by atoms with Crippen molar-refractivity contribution in [3.63, 3.8) is 0 Å². The summed E-state index contributed by atoms with van der Waals surface area (Å²) >= 11 is 0. The lowest BCUT2D eigenvalue weighted by Crippen LogP contribution is -2.54. The van der Waals surface area contributed by atoms with Crippen molar-refractivity contribution in [1.29, 1.82) is 0 Å². The van der Waals surface area contributed by atoms with Gasteiger partial charge in [0.2, 0.25) is 0 Å². The molecule has 1 heterocycles. The second-order valence-corrected chi connectivity index (χ2v) is 6.17. The summed E-state index contributed by atoms with van der Waals surface area (Å²) in [5.74, 6) is 0.943. The molecule has 0 aromatic heterocycles. The van der Waals surface area contributed by atoms with Crippen LogP contribution in [-0.4, -0.2) is 59.6 Å². The van der Waals surface area contributed by atoms with E-state index >= 15 is 0 Å². The van der Waals surface area contributed by atoms with Gasteiger partial charge in [-0.05, 0) is 24.7 Å². The molecule has 1 saturated heterocycles. The first-order chi connectivity index (χ1) is 8.56. The van der Waals surface area contributed by atoms with Gasteiger partial charge in [0.1, 0.15) is 0 Å². The first kappa shape index (κ1) is 13.8. The highest BCUT2D eigenvalue weighted by molar-refractivity contribution is 5.69. The summed E-state index contributed by atoms with van der Waals surface area (Å²) in [5, 5.41) is 8.80. The van der Waals surface area contributed by atoms with Crippen LogP contribution in [0.15, 0.2) is 0 Å². The summed E-state index contributed by atoms with van der Waals surface area (Å²) in [6.45, 7) is 8.82. The summed E-state index contributed by atoms with van der Waals surface area (Å²) in [7, 11) is 0. The third kappa shape index (κ3) is 3.45. The van der Waals surface area contributed by atoms with Gasteiger partial charge in [0.25, 0.3) is 0 Å². The number of hydrogen-bond acceptors (Lipinski definition) is 3. The number of aliphatic carboxylic acids is 1. The van der Waals surface area contributed by atoms with Gasteiger partial charge in [-0.15, -0.1) is 0 Å². The highest BCUT2D eigenvalue weighted by atomic mass is 16.4. The largest absolute Gasteiger partial charge is 0.480 e. The maximum atomic E-state index is 10.7. The fourth-order valence-electron chi connectivity index (χ4n) is 3.46. The fourth-order valence-corrected chi connectivity index (χ4v) is 3.46. The zero-order chi connectivity index (χ0) is 13.1. The number of carbonyl (C=O) groups is 1. The van der Waals surface area contributed by atoms with Gasteiger partial charge < -0.3 is 5.11 Å². The number of carboxylic acid groups (broad SMARTS) is 1. The van der Waals surface area contributed by atoms with E-state index in [1.807, 2.05) is 0 Å². The van der Waals surface area contributed by atoms with Gasteiger partial charge >= 0.3 is 5.97 Å². The molecule has 1 saturated carbocycles. The fraction of sp³-hybridized carbons (Fsp3) is 0.929. The Hall–Kier alpha value is -0.610. The molecule has 4 nitrogen and oxygen atoms in total. The predicted molar refractivity (Wildman–Crippen MR) is 71.6 cm³/mol. The van der Waals surface area contributed by atoms with E-state index in [1.54, 1.807) is 0 Å². The lowest BCUT2D eigenvalue weighted by Gasteiger charge is -2.44. The van der Waals surface area contributed by atoms with Crippen molar-refractivity contribution in [3.8, 4) is 0 Å². The SMILES string of the molecule is CC1CCC(C)C(N2CCN(CC(=O)O)CC2)C1. The molecule has 1 aliphatic heterocycles. The van der Waals surface area contributed by atoms with Crippen LogP contribution in [0.4, 0.5) is 0 Å². The summed E-state index contributed by atoms with van der Waals surface area (Å²) in [5.41, 5.74) is 0. The zero-order valence-electron chi connectivity index (χ0n) is 11.6. The molecular formula is C14H26N2O2. The molecule has 104 valence electrons. The Balaban J connectivity index is 1.83. The minimum atomic E-state index is -0.705. The van der Waals surface area contributed by atoms with Crippen LogP contribution >= 0.6 is 0 Å².